The number of rotatable bonds is 5. The highest BCUT2D eigenvalue weighted by Gasteiger charge is 2.38. The van der Waals surface area contributed by atoms with Crippen molar-refractivity contribution in [3.63, 3.8) is 0 Å². The van der Waals surface area contributed by atoms with Crippen molar-refractivity contribution >= 4 is 22.6 Å². The van der Waals surface area contributed by atoms with E-state index in [1.54, 1.807) is 6.92 Å². The van der Waals surface area contributed by atoms with E-state index >= 15 is 0 Å². The summed E-state index contributed by atoms with van der Waals surface area (Å²) in [6.07, 6.45) is 3.26. The minimum absolute atomic E-state index is 0.0667. The Kier molecular flexibility index (Phi) is 6.23. The van der Waals surface area contributed by atoms with Crippen LogP contribution >= 0.6 is 0 Å². The van der Waals surface area contributed by atoms with E-state index in [0.717, 1.165) is 36.1 Å². The molecule has 1 aliphatic heterocycles. The summed E-state index contributed by atoms with van der Waals surface area (Å²) in [4.78, 5) is 19.6. The van der Waals surface area contributed by atoms with Gasteiger partial charge in [-0.05, 0) is 68.9 Å². The van der Waals surface area contributed by atoms with Crippen molar-refractivity contribution in [3.05, 3.63) is 65.3 Å². The molecule has 10 heteroatoms. The third-order valence-corrected chi connectivity index (χ3v) is 7.81. The van der Waals surface area contributed by atoms with Crippen molar-refractivity contribution in [2.45, 2.75) is 70.2 Å². The number of nitrogens with zero attached hydrogens (tertiary/aromatic N) is 4. The molecule has 3 heterocycles. The van der Waals surface area contributed by atoms with Crippen LogP contribution < -0.4 is 4.90 Å². The molecule has 0 unspecified atom stereocenters. The first-order valence-corrected chi connectivity index (χ1v) is 12.9. The predicted molar refractivity (Wildman–Crippen MR) is 135 cm³/mol. The first-order valence-electron chi connectivity index (χ1n) is 12.9. The van der Waals surface area contributed by atoms with Gasteiger partial charge in [-0.2, -0.15) is 0 Å². The molecule has 198 valence electrons. The van der Waals surface area contributed by atoms with Gasteiger partial charge in [-0.15, -0.1) is 0 Å². The Balaban J connectivity index is 1.50. The monoisotopic (exact) mass is 522 g/mol. The molecule has 1 aliphatic carbocycles. The lowest BCUT2D eigenvalue weighted by Crippen LogP contribution is -2.31. The molecule has 38 heavy (non-hydrogen) atoms. The third kappa shape index (κ3) is 4.08. The average Bonchev–Trinajstić information content (AvgIpc) is 3.60. The molecule has 2 fully saturated rings. The number of aryl methyl sites for hydroxylation is 1. The van der Waals surface area contributed by atoms with Crippen molar-refractivity contribution in [3.8, 4) is 11.1 Å². The van der Waals surface area contributed by atoms with Gasteiger partial charge in [0.2, 0.25) is 5.91 Å². The number of aromatic nitrogens is 3. The summed E-state index contributed by atoms with van der Waals surface area (Å²) in [5, 5.41) is 23.8. The summed E-state index contributed by atoms with van der Waals surface area (Å²) in [6, 6.07) is 8.94. The molecule has 2 aromatic carbocycles. The number of aliphatic hydroxyl groups excluding tert-OH is 2. The van der Waals surface area contributed by atoms with E-state index < -0.39 is 17.7 Å². The highest BCUT2D eigenvalue weighted by Crippen LogP contribution is 2.42. The third-order valence-electron chi connectivity index (χ3n) is 7.81. The molecule has 0 bridgehead atoms. The Morgan fingerprint density at radius 1 is 1.05 bits per heavy atom. The lowest BCUT2D eigenvalue weighted by atomic mass is 9.92. The summed E-state index contributed by atoms with van der Waals surface area (Å²) < 4.78 is 35.3. The van der Waals surface area contributed by atoms with E-state index in [1.807, 2.05) is 18.2 Å². The minimum Gasteiger partial charge on any atom is -0.393 e. The SMILES string of the molecule is Cc1onc(CO)c1-c1ccc2c(c1)nc([C@@H]1CCC(=O)N1c1ccc(F)c(F)c1)n2C1CCC(O)CC1. The Morgan fingerprint density at radius 3 is 2.58 bits per heavy atom. The van der Waals surface area contributed by atoms with Crippen LogP contribution in [0.3, 0.4) is 0 Å². The van der Waals surface area contributed by atoms with Gasteiger partial charge in [0.05, 0.1) is 29.8 Å². The van der Waals surface area contributed by atoms with Gasteiger partial charge in [-0.25, -0.2) is 13.8 Å². The van der Waals surface area contributed by atoms with Crippen LogP contribution in [0.25, 0.3) is 22.2 Å². The number of anilines is 1. The Morgan fingerprint density at radius 2 is 1.84 bits per heavy atom. The summed E-state index contributed by atoms with van der Waals surface area (Å²) in [5.41, 5.74) is 3.84. The number of hydrogen-bond acceptors (Lipinski definition) is 6. The van der Waals surface area contributed by atoms with Gasteiger partial charge >= 0.3 is 0 Å². The number of carbonyl (C=O) groups excluding carboxylic acids is 1. The smallest absolute Gasteiger partial charge is 0.227 e. The number of imidazole rings is 1. The molecule has 1 saturated heterocycles. The number of carbonyl (C=O) groups is 1. The van der Waals surface area contributed by atoms with Crippen molar-refractivity contribution in [1.29, 1.82) is 0 Å². The largest absolute Gasteiger partial charge is 0.393 e. The van der Waals surface area contributed by atoms with Gasteiger partial charge in [0, 0.05) is 29.8 Å². The fourth-order valence-corrected chi connectivity index (χ4v) is 5.99. The molecular formula is C28H28F2N4O4. The standard InChI is InChI=1S/C28H28F2N4O4/c1-15-27(23(14-35)32-38-15)16-2-9-24-22(12-16)31-28(34(24)17-3-6-19(36)7-4-17)25-10-11-26(37)33(25)18-5-8-20(29)21(30)13-18/h2,5,8-9,12-13,17,19,25,35-36H,3-4,6-7,10-11,14H2,1H3/t17?,19?,25-/m0/s1. The van der Waals surface area contributed by atoms with Crippen LogP contribution in [0.1, 0.15) is 67.9 Å². The molecule has 0 radical (unpaired) electrons. The molecule has 2 aliphatic rings. The van der Waals surface area contributed by atoms with Crippen molar-refractivity contribution in [1.82, 2.24) is 14.7 Å². The maximum absolute atomic E-state index is 14.1. The second-order valence-electron chi connectivity index (χ2n) is 10.1. The fourth-order valence-electron chi connectivity index (χ4n) is 5.99. The topological polar surface area (TPSA) is 105 Å². The molecule has 2 aromatic heterocycles. The van der Waals surface area contributed by atoms with Gasteiger partial charge in [-0.1, -0.05) is 11.2 Å². The number of benzene rings is 2. The summed E-state index contributed by atoms with van der Waals surface area (Å²) in [6.45, 7) is 1.52. The van der Waals surface area contributed by atoms with E-state index in [-0.39, 0.29) is 31.1 Å². The Labute approximate surface area is 217 Å². The van der Waals surface area contributed by atoms with E-state index in [4.69, 9.17) is 9.51 Å². The molecule has 0 spiro atoms. The molecule has 4 aromatic rings. The average molecular weight is 523 g/mol. The zero-order chi connectivity index (χ0) is 26.6. The number of hydrogen-bond donors (Lipinski definition) is 2. The number of amides is 1. The maximum atomic E-state index is 14.1. The van der Waals surface area contributed by atoms with Crippen molar-refractivity contribution in [2.75, 3.05) is 4.90 Å². The van der Waals surface area contributed by atoms with Crippen molar-refractivity contribution in [2.24, 2.45) is 0 Å². The molecule has 1 atom stereocenters. The zero-order valence-corrected chi connectivity index (χ0v) is 20.9. The minimum atomic E-state index is -1.01. The van der Waals surface area contributed by atoms with Crippen LogP contribution in [0, 0.1) is 18.6 Å². The number of aliphatic hydroxyl groups is 2. The summed E-state index contributed by atoms with van der Waals surface area (Å²) >= 11 is 0. The first-order chi connectivity index (χ1) is 18.4. The normalized spacial score (nSPS) is 22.1. The summed E-state index contributed by atoms with van der Waals surface area (Å²) in [5.74, 6) is -0.890. The molecule has 1 amide bonds. The van der Waals surface area contributed by atoms with Gasteiger partial charge in [0.15, 0.2) is 11.6 Å². The van der Waals surface area contributed by atoms with Gasteiger partial charge in [-0.3, -0.25) is 4.79 Å². The quantitative estimate of drug-likeness (QED) is 0.377. The molecular weight excluding hydrogens is 494 g/mol. The van der Waals surface area contributed by atoms with E-state index in [9.17, 15) is 23.8 Å². The summed E-state index contributed by atoms with van der Waals surface area (Å²) in [7, 11) is 0. The Bertz CT molecular complexity index is 1520. The highest BCUT2D eigenvalue weighted by atomic mass is 19.2. The second kappa shape index (κ2) is 9.59. The molecule has 2 N–H and O–H groups in total. The zero-order valence-electron chi connectivity index (χ0n) is 20.9. The van der Waals surface area contributed by atoms with Gasteiger partial charge < -0.3 is 24.2 Å². The van der Waals surface area contributed by atoms with Crippen LogP contribution in [-0.4, -0.2) is 36.9 Å². The lowest BCUT2D eigenvalue weighted by Gasteiger charge is -2.31. The molecule has 1 saturated carbocycles. The van der Waals surface area contributed by atoms with Crippen LogP contribution in [0.2, 0.25) is 0 Å². The van der Waals surface area contributed by atoms with Crippen LogP contribution in [0.4, 0.5) is 14.5 Å². The van der Waals surface area contributed by atoms with Crippen LogP contribution in [-0.2, 0) is 11.4 Å². The number of fused-ring (bicyclic) bond motifs is 1. The van der Waals surface area contributed by atoms with E-state index in [1.165, 1.54) is 11.0 Å². The maximum Gasteiger partial charge on any atom is 0.227 e. The number of halogens is 2. The van der Waals surface area contributed by atoms with Crippen LogP contribution in [0.15, 0.2) is 40.9 Å². The van der Waals surface area contributed by atoms with E-state index in [2.05, 4.69) is 9.72 Å². The second-order valence-corrected chi connectivity index (χ2v) is 10.1. The van der Waals surface area contributed by atoms with Gasteiger partial charge in [0.25, 0.3) is 0 Å². The molecule has 6 rings (SSSR count). The first kappa shape index (κ1) is 24.7. The van der Waals surface area contributed by atoms with Crippen LogP contribution in [0.5, 0.6) is 0 Å². The van der Waals surface area contributed by atoms with E-state index in [0.29, 0.717) is 53.3 Å². The Hall–Kier alpha value is -3.63. The predicted octanol–water partition coefficient (Wildman–Crippen LogP) is 5.11. The van der Waals surface area contributed by atoms with Crippen molar-refractivity contribution < 1.29 is 28.3 Å². The van der Waals surface area contributed by atoms with Gasteiger partial charge in [0.1, 0.15) is 17.3 Å². The highest BCUT2D eigenvalue weighted by molar-refractivity contribution is 5.96. The lowest BCUT2D eigenvalue weighted by molar-refractivity contribution is -0.117. The molecule has 8 nitrogen and oxygen atoms in total. The fraction of sp³-hybridized carbons (Fsp3) is 0.393.